The van der Waals surface area contributed by atoms with E-state index >= 15 is 0 Å². The summed E-state index contributed by atoms with van der Waals surface area (Å²) in [4.78, 5) is 114. The number of alkyl halides is 6. The van der Waals surface area contributed by atoms with E-state index in [9.17, 15) is 18.9 Å². The van der Waals surface area contributed by atoms with Crippen LogP contribution in [0.1, 0.15) is 70.3 Å². The van der Waals surface area contributed by atoms with Gasteiger partial charge in [0.25, 0.3) is 19.9 Å². The van der Waals surface area contributed by atoms with Crippen molar-refractivity contribution < 1.29 is 77.0 Å². The SMILES string of the molecule is BrBr.Brc1ccc(C(Br)Br)c2ncncc12.CC(=O)O.Cc1ccc(Br)c2cncnc12.Cc1cccc(C(=O)O)c1N.Cc1cccc2c(=O)[nH]cnc12.Cc1cccc2c(Cl)ncnc12.Cc1cccc2cncnc12.Cl.ClC(Cl)(Cl)Cl.N=CN.NC=O.NO.O/N=C\c1ccc(Br)c2cncnc12.O=Cc1ccc(Br)c2cncnc12.O=P(Cl)(Cl)Cl.O=[N+]([O-])O.[Ag]. The van der Waals surface area contributed by atoms with E-state index in [4.69, 9.17) is 115 Å². The van der Waals surface area contributed by atoms with Gasteiger partial charge in [0.05, 0.1) is 72.2 Å². The number of aromatic nitrogens is 14. The van der Waals surface area contributed by atoms with Crippen molar-refractivity contribution >= 4 is 352 Å². The van der Waals surface area contributed by atoms with E-state index < -0.39 is 25.5 Å². The third kappa shape index (κ3) is 49.6. The topological polar surface area (TPSA) is 570 Å². The van der Waals surface area contributed by atoms with E-state index in [1.807, 2.05) is 118 Å². The molecule has 0 atom stereocenters. The average molecular weight is 2580 g/mol. The van der Waals surface area contributed by atoms with Crippen LogP contribution in [0.2, 0.25) is 5.15 Å². The number of nitrogen functional groups attached to an aromatic ring is 1. The summed E-state index contributed by atoms with van der Waals surface area (Å²) >= 11 is 65.2. The second-order valence-electron chi connectivity index (χ2n) is 22.7. The van der Waals surface area contributed by atoms with Crippen LogP contribution in [0.25, 0.3) is 76.3 Å². The van der Waals surface area contributed by atoms with E-state index in [1.54, 1.807) is 68.8 Å². The number of aryl methyl sites for hydroxylation is 5. The molecule has 0 saturated heterocycles. The number of carboxylic acids is 2. The first kappa shape index (κ1) is 125. The Balaban J connectivity index is -0.00000135. The van der Waals surface area contributed by atoms with E-state index in [-0.39, 0.29) is 56.1 Å². The summed E-state index contributed by atoms with van der Waals surface area (Å²) in [5, 5.41) is 57.3. The van der Waals surface area contributed by atoms with Gasteiger partial charge < -0.3 is 48.0 Å². The Hall–Kier alpha value is -7.70. The molecule has 0 fully saturated rings. The number of fused-ring (bicyclic) bond motifs is 7. The molecule has 0 saturated carbocycles. The number of primary amides is 1. The molecule has 1 radical (unpaired) electrons. The number of hydrogen-bond donors (Lipinski definition) is 11. The van der Waals surface area contributed by atoms with Crippen LogP contribution in [-0.2, 0) is 36.5 Å². The van der Waals surface area contributed by atoms with Crippen LogP contribution < -0.4 is 28.7 Å². The van der Waals surface area contributed by atoms with Crippen LogP contribution in [0.4, 0.5) is 5.69 Å². The maximum atomic E-state index is 11.2. The molecular formula is C76H71AgBr8Cl9N21O13P. The molecule has 53 heteroatoms. The molecule has 693 valence electrons. The zero-order chi connectivity index (χ0) is 96.7. The molecule has 0 unspecified atom stereocenters. The summed E-state index contributed by atoms with van der Waals surface area (Å²) in [6.07, 6.45) is 22.5. The summed E-state index contributed by atoms with van der Waals surface area (Å²) in [5.74, 6) is 1.69. The number of amides is 1. The van der Waals surface area contributed by atoms with Gasteiger partial charge in [0.15, 0.2) is 6.29 Å². The van der Waals surface area contributed by atoms with Crippen molar-refractivity contribution in [1.29, 1.82) is 5.41 Å². The first-order valence-corrected chi connectivity index (χ1v) is 48.7. The number of aliphatic carboxylic acids is 1. The monoisotopic (exact) mass is 2570 g/mol. The number of carbonyl (C=O) groups excluding carboxylic acids is 2. The Labute approximate surface area is 862 Å². The largest absolute Gasteiger partial charge is 0.481 e. The number of hydrogen-bond acceptors (Lipinski definition) is 27. The molecular weight excluding hydrogens is 2510 g/mol. The standard InChI is InChI=1S/C9H5Br3N2.C9H6BrN3O.C9H5BrN2O.C9H7BrN2.C9H7ClN2.C9H8N2O.C9H8N2.C8H9NO2.C2H4O2.CCl4.CH4N2.CH3NO.Ag.Br2.Cl3OP.ClH.HNO3.H3NO/c10-7-2-1-5(9(11)12)8-6(7)3-13-4-14-8;10-8-2-1-6(3-13-14)9-7(8)4-11-5-12-9;10-8-2-1-6(4-13)9-7(8)3-11-5-12-9;1-6-2-3-8(10)7-4-11-5-12-9(6)7;1-6-3-2-4-7-8(6)11-5-12-9(7)10;1-6-3-2-4-7-8(6)10-5-11-9(7)12;1-7-3-2-4-8-5-10-6-11-9(7)8;1-5-3-2-4-6(7(5)9)8(10)11;1-2(3)4;2-1(3,4)5;2*2-1-3;;1-2;1-5(2,3)4;;2-1(3)4;1-2/h1-4,9H;1-5,14H;1-5H;2*2-5H,1H3;2-5H,1H3,(H,10,11,12);2-6H,1H3;2-4H,9H2,1H3,(H,10,11);1H3,(H,3,4);;1H,(H3,2,3);1H,(H2,2,3);;;;1H;(H,2,3,4);2H,1H2/b;13-3-;;;;;;;;;;;;;;;;. The molecule has 0 aliphatic rings. The van der Waals surface area contributed by atoms with Crippen molar-refractivity contribution in [2.75, 3.05) is 5.73 Å². The van der Waals surface area contributed by atoms with Gasteiger partial charge in [-0.1, -0.05) is 225 Å². The number of carboxylic acid groups (broad SMARTS) is 2. The van der Waals surface area contributed by atoms with Gasteiger partial charge in [-0.3, -0.25) is 29.2 Å². The average Bonchev–Trinajstić information content (AvgIpc) is 0.832. The molecule has 1 amide bonds. The maximum absolute atomic E-state index is 11.2. The Morgan fingerprint density at radius 2 is 0.884 bits per heavy atom. The predicted octanol–water partition coefficient (Wildman–Crippen LogP) is 23.5. The normalized spacial score (nSPS) is 9.65. The molecule has 7 heterocycles. The zero-order valence-electron chi connectivity index (χ0n) is 66.6. The summed E-state index contributed by atoms with van der Waals surface area (Å²) in [6.45, 7) is 10.9. The molecule has 15 rings (SSSR count). The summed E-state index contributed by atoms with van der Waals surface area (Å²) in [6, 6.07) is 37.8. The van der Waals surface area contributed by atoms with Gasteiger partial charge in [0, 0.05) is 161 Å². The van der Waals surface area contributed by atoms with Gasteiger partial charge in [0.2, 0.25) is 6.41 Å². The molecule has 34 nitrogen and oxygen atoms in total. The fraction of sp³-hybridized carbons (Fsp3) is 0.105. The minimum absolute atomic E-state index is 0. The number of nitrogens with two attached hydrogens (primary N) is 4. The fourth-order valence-corrected chi connectivity index (χ4v) is 11.9. The van der Waals surface area contributed by atoms with Gasteiger partial charge in [-0.25, -0.2) is 75.5 Å². The number of halogens is 17. The van der Waals surface area contributed by atoms with E-state index in [0.717, 1.165) is 131 Å². The summed E-state index contributed by atoms with van der Waals surface area (Å²) in [7, 11) is 0. The Morgan fingerprint density at radius 1 is 0.558 bits per heavy atom. The number of benzene rings is 8. The van der Waals surface area contributed by atoms with Gasteiger partial charge >= 0.3 is 11.2 Å². The molecule has 129 heavy (non-hydrogen) atoms. The number of nitrogens with zero attached hydrogens (tertiary/aromatic N) is 15. The van der Waals surface area contributed by atoms with Crippen molar-refractivity contribution in [1.82, 2.24) is 69.8 Å². The molecule has 0 aliphatic heterocycles. The minimum atomic E-state index is -3.22. The van der Waals surface area contributed by atoms with Crippen LogP contribution in [0.3, 0.4) is 0 Å². The summed E-state index contributed by atoms with van der Waals surface area (Å²) in [5.41, 5.74) is 28.4. The number of H-pyrrole nitrogens is 1. The Morgan fingerprint density at radius 3 is 1.29 bits per heavy atom. The number of anilines is 1. The quantitative estimate of drug-likeness (QED) is 0.00666. The molecule has 7 aromatic heterocycles. The van der Waals surface area contributed by atoms with E-state index in [0.29, 0.717) is 27.3 Å². The number of aldehydes is 1. The van der Waals surface area contributed by atoms with Crippen molar-refractivity contribution in [2.45, 2.75) is 48.5 Å². The molecule has 15 aromatic rings. The predicted molar refractivity (Wildman–Crippen MR) is 540 cm³/mol. The van der Waals surface area contributed by atoms with E-state index in [1.165, 1.54) is 48.7 Å². The third-order valence-electron chi connectivity index (χ3n) is 14.3. The Bertz CT molecular complexity index is 6040. The zero-order valence-corrected chi connectivity index (χ0v) is 88.5. The molecule has 15 N–H and O–H groups in total. The smallest absolute Gasteiger partial charge is 0.339 e. The second kappa shape index (κ2) is 69.2. The summed E-state index contributed by atoms with van der Waals surface area (Å²) < 4.78 is 11.9. The van der Waals surface area contributed by atoms with Crippen LogP contribution in [-0.4, -0.2) is 141 Å². The third-order valence-corrected chi connectivity index (χ3v) is 18.4. The number of carbonyl (C=O) groups is 4. The van der Waals surface area contributed by atoms with E-state index in [2.05, 4.69) is 263 Å². The van der Waals surface area contributed by atoms with Crippen molar-refractivity contribution in [2.24, 2.45) is 22.5 Å². The van der Waals surface area contributed by atoms with Crippen molar-refractivity contribution in [3.8, 4) is 0 Å². The van der Waals surface area contributed by atoms with Gasteiger partial charge in [-0.2, -0.15) is 0 Å². The van der Waals surface area contributed by atoms with Crippen LogP contribution >= 0.6 is 233 Å². The second-order valence-corrected chi connectivity index (χ2v) is 39.6. The first-order chi connectivity index (χ1) is 60.0. The van der Waals surface area contributed by atoms with Crippen LogP contribution in [0, 0.1) is 50.1 Å². The van der Waals surface area contributed by atoms with Crippen LogP contribution in [0.15, 0.2) is 224 Å². The molecule has 8 aromatic carbocycles. The molecule has 0 bridgehead atoms. The van der Waals surface area contributed by atoms with Gasteiger partial charge in [-0.05, 0) is 151 Å². The minimum Gasteiger partial charge on any atom is -0.481 e. The van der Waals surface area contributed by atoms with Crippen molar-refractivity contribution in [3.63, 3.8) is 0 Å². The van der Waals surface area contributed by atoms with Crippen molar-refractivity contribution in [3.05, 3.63) is 290 Å². The number of aromatic amines is 1. The Kier molecular flexibility index (Phi) is 67.3. The number of aromatic carboxylic acids is 1. The molecule has 0 aliphatic carbocycles. The first-order valence-electron chi connectivity index (χ1n) is 33.7. The maximum Gasteiger partial charge on any atom is 0.339 e. The number of oxime groups is 1. The number of para-hydroxylation sites is 4. The molecule has 0 spiro atoms. The number of nitrogens with one attached hydrogen (secondary N) is 2. The number of rotatable bonds is 4. The fourth-order valence-electron chi connectivity index (χ4n) is 9.31. The van der Waals surface area contributed by atoms with Crippen LogP contribution in [0.5, 0.6) is 0 Å². The van der Waals surface area contributed by atoms with Gasteiger partial charge in [0.1, 0.15) is 43.1 Å². The van der Waals surface area contributed by atoms with Gasteiger partial charge in [-0.15, -0.1) is 22.5 Å².